The van der Waals surface area contributed by atoms with E-state index in [0.29, 0.717) is 13.2 Å². The molecule has 1 atom stereocenters. The average molecular weight is 354 g/mol. The molecular formula is C16H23N3O2S2. The lowest BCUT2D eigenvalue weighted by molar-refractivity contribution is -0.149. The van der Waals surface area contributed by atoms with Crippen molar-refractivity contribution in [2.75, 3.05) is 44.3 Å². The highest BCUT2D eigenvalue weighted by Gasteiger charge is 2.31. The average Bonchev–Trinajstić information content (AvgIpc) is 3.35. The van der Waals surface area contributed by atoms with Crippen LogP contribution in [0.5, 0.6) is 0 Å². The van der Waals surface area contributed by atoms with Crippen molar-refractivity contribution in [2.24, 2.45) is 0 Å². The van der Waals surface area contributed by atoms with E-state index in [-0.39, 0.29) is 12.0 Å². The highest BCUT2D eigenvalue weighted by atomic mass is 32.2. The van der Waals surface area contributed by atoms with Crippen LogP contribution in [0.1, 0.15) is 29.5 Å². The number of hydrogen-bond donors (Lipinski definition) is 0. The van der Waals surface area contributed by atoms with Gasteiger partial charge in [-0.3, -0.25) is 9.69 Å². The number of rotatable bonds is 4. The molecule has 4 rings (SSSR count). The molecular weight excluding hydrogens is 330 g/mol. The monoisotopic (exact) mass is 353 g/mol. The van der Waals surface area contributed by atoms with Crippen LogP contribution in [-0.4, -0.2) is 71.1 Å². The summed E-state index contributed by atoms with van der Waals surface area (Å²) in [6, 6.07) is 0. The van der Waals surface area contributed by atoms with Crippen molar-refractivity contribution in [3.8, 4) is 0 Å². The van der Waals surface area contributed by atoms with E-state index in [0.717, 1.165) is 49.3 Å². The van der Waals surface area contributed by atoms with E-state index in [1.54, 1.807) is 11.3 Å². The fourth-order valence-corrected chi connectivity index (χ4v) is 5.01. The van der Waals surface area contributed by atoms with E-state index >= 15 is 0 Å². The van der Waals surface area contributed by atoms with Gasteiger partial charge in [-0.25, -0.2) is 4.98 Å². The number of ether oxygens (including phenoxy) is 1. The first-order valence-electron chi connectivity index (χ1n) is 8.44. The third-order valence-electron chi connectivity index (χ3n) is 4.63. The van der Waals surface area contributed by atoms with Crippen molar-refractivity contribution in [1.82, 2.24) is 14.8 Å². The molecule has 0 radical (unpaired) electrons. The van der Waals surface area contributed by atoms with Crippen LogP contribution in [0.25, 0.3) is 0 Å². The van der Waals surface area contributed by atoms with Crippen LogP contribution >= 0.6 is 23.1 Å². The van der Waals surface area contributed by atoms with Crippen molar-refractivity contribution >= 4 is 29.0 Å². The van der Waals surface area contributed by atoms with E-state index < -0.39 is 0 Å². The lowest BCUT2D eigenvalue weighted by atomic mass is 10.2. The molecule has 1 aromatic heterocycles. The molecule has 3 heterocycles. The fourth-order valence-electron chi connectivity index (χ4n) is 3.13. The van der Waals surface area contributed by atoms with Crippen LogP contribution in [0, 0.1) is 0 Å². The van der Waals surface area contributed by atoms with Gasteiger partial charge >= 0.3 is 0 Å². The lowest BCUT2D eigenvalue weighted by Crippen LogP contribution is -2.52. The van der Waals surface area contributed by atoms with Gasteiger partial charge in [0.15, 0.2) is 0 Å². The maximum atomic E-state index is 12.6. The summed E-state index contributed by atoms with van der Waals surface area (Å²) in [5.74, 6) is 2.99. The highest BCUT2D eigenvalue weighted by molar-refractivity contribution is 7.99. The maximum absolute atomic E-state index is 12.6. The number of carbonyl (C=O) groups is 1. The highest BCUT2D eigenvalue weighted by Crippen LogP contribution is 2.41. The molecule has 2 saturated heterocycles. The van der Waals surface area contributed by atoms with Gasteiger partial charge in [0.1, 0.15) is 6.10 Å². The minimum absolute atomic E-state index is 0.173. The molecule has 0 spiro atoms. The second-order valence-electron chi connectivity index (χ2n) is 6.48. The number of morpholine rings is 1. The van der Waals surface area contributed by atoms with Crippen molar-refractivity contribution in [3.05, 3.63) is 16.1 Å². The molecule has 1 unspecified atom stereocenters. The summed E-state index contributed by atoms with van der Waals surface area (Å²) in [5, 5.41) is 3.48. The zero-order chi connectivity index (χ0) is 15.6. The van der Waals surface area contributed by atoms with Gasteiger partial charge in [-0.05, 0) is 12.8 Å². The first-order chi connectivity index (χ1) is 11.3. The Bertz CT molecular complexity index is 555. The zero-order valence-electron chi connectivity index (χ0n) is 13.3. The van der Waals surface area contributed by atoms with E-state index in [1.807, 2.05) is 16.7 Å². The van der Waals surface area contributed by atoms with Crippen molar-refractivity contribution in [3.63, 3.8) is 0 Å². The van der Waals surface area contributed by atoms with Gasteiger partial charge < -0.3 is 9.64 Å². The van der Waals surface area contributed by atoms with Gasteiger partial charge in [0.25, 0.3) is 5.91 Å². The summed E-state index contributed by atoms with van der Waals surface area (Å²) < 4.78 is 5.76. The number of thiazole rings is 1. The number of thioether (sulfide) groups is 1. The Hall–Kier alpha value is -0.630. The Morgan fingerprint density at radius 2 is 2.13 bits per heavy atom. The molecule has 7 heteroatoms. The topological polar surface area (TPSA) is 45.7 Å². The standard InChI is InChI=1S/C16H23N3O2S2/c20-16(19-4-7-22-8-5-19)14-10-18(3-6-21-14)9-13-11-23-15(17-13)12-1-2-12/h11-12,14H,1-10H2. The van der Waals surface area contributed by atoms with E-state index in [4.69, 9.17) is 9.72 Å². The third kappa shape index (κ3) is 3.90. The van der Waals surface area contributed by atoms with Crippen LogP contribution in [0.3, 0.4) is 0 Å². The number of aromatic nitrogens is 1. The number of carbonyl (C=O) groups excluding carboxylic acids is 1. The molecule has 0 aromatic carbocycles. The molecule has 2 aliphatic heterocycles. The maximum Gasteiger partial charge on any atom is 0.253 e. The van der Waals surface area contributed by atoms with Gasteiger partial charge in [-0.1, -0.05) is 0 Å². The number of nitrogens with zero attached hydrogens (tertiary/aromatic N) is 3. The molecule has 126 valence electrons. The van der Waals surface area contributed by atoms with Crippen LogP contribution in [0.2, 0.25) is 0 Å². The molecule has 1 aromatic rings. The van der Waals surface area contributed by atoms with Gasteiger partial charge in [-0.2, -0.15) is 11.8 Å². The Labute approximate surface area is 145 Å². The Kier molecular flexibility index (Phi) is 4.89. The van der Waals surface area contributed by atoms with Crippen LogP contribution in [0.15, 0.2) is 5.38 Å². The Balaban J connectivity index is 1.33. The summed E-state index contributed by atoms with van der Waals surface area (Å²) >= 11 is 3.71. The predicted octanol–water partition coefficient (Wildman–Crippen LogP) is 1.80. The fraction of sp³-hybridized carbons (Fsp3) is 0.750. The largest absolute Gasteiger partial charge is 0.366 e. The van der Waals surface area contributed by atoms with Gasteiger partial charge in [0.2, 0.25) is 0 Å². The second-order valence-corrected chi connectivity index (χ2v) is 8.60. The second kappa shape index (κ2) is 7.09. The molecule has 5 nitrogen and oxygen atoms in total. The van der Waals surface area contributed by atoms with Crippen LogP contribution in [-0.2, 0) is 16.1 Å². The molecule has 1 aliphatic carbocycles. The Morgan fingerprint density at radius 1 is 1.30 bits per heavy atom. The first-order valence-corrected chi connectivity index (χ1v) is 10.5. The number of hydrogen-bond acceptors (Lipinski definition) is 6. The van der Waals surface area contributed by atoms with Gasteiger partial charge in [-0.15, -0.1) is 11.3 Å². The molecule has 23 heavy (non-hydrogen) atoms. The third-order valence-corrected chi connectivity index (χ3v) is 6.63. The van der Waals surface area contributed by atoms with Gasteiger partial charge in [0.05, 0.1) is 17.3 Å². The number of amides is 1. The molecule has 3 aliphatic rings. The summed E-state index contributed by atoms with van der Waals surface area (Å²) in [6.07, 6.45) is 2.30. The minimum atomic E-state index is -0.298. The summed E-state index contributed by atoms with van der Waals surface area (Å²) in [6.45, 7) is 4.78. The van der Waals surface area contributed by atoms with E-state index in [2.05, 4.69) is 10.3 Å². The molecule has 1 saturated carbocycles. The SMILES string of the molecule is O=C(C1CN(Cc2csc(C3CC3)n2)CCO1)N1CCSCC1. The van der Waals surface area contributed by atoms with E-state index in [1.165, 1.54) is 17.8 Å². The predicted molar refractivity (Wildman–Crippen MR) is 93.0 cm³/mol. The van der Waals surface area contributed by atoms with Crippen LogP contribution in [0.4, 0.5) is 0 Å². The normalized spacial score (nSPS) is 26.4. The zero-order valence-corrected chi connectivity index (χ0v) is 14.9. The van der Waals surface area contributed by atoms with Crippen molar-refractivity contribution in [2.45, 2.75) is 31.4 Å². The lowest BCUT2D eigenvalue weighted by Gasteiger charge is -2.35. The first kappa shape index (κ1) is 15.9. The molecule has 1 amide bonds. The quantitative estimate of drug-likeness (QED) is 0.826. The smallest absolute Gasteiger partial charge is 0.253 e. The summed E-state index contributed by atoms with van der Waals surface area (Å²) in [5.41, 5.74) is 1.15. The summed E-state index contributed by atoms with van der Waals surface area (Å²) in [4.78, 5) is 21.7. The molecule has 0 bridgehead atoms. The van der Waals surface area contributed by atoms with Crippen molar-refractivity contribution in [1.29, 1.82) is 0 Å². The molecule has 0 N–H and O–H groups in total. The van der Waals surface area contributed by atoms with E-state index in [9.17, 15) is 4.79 Å². The van der Waals surface area contributed by atoms with Crippen LogP contribution < -0.4 is 0 Å². The van der Waals surface area contributed by atoms with Crippen molar-refractivity contribution < 1.29 is 9.53 Å². The molecule has 3 fully saturated rings. The van der Waals surface area contributed by atoms with Gasteiger partial charge in [0, 0.05) is 55.5 Å². The Morgan fingerprint density at radius 3 is 2.91 bits per heavy atom. The minimum Gasteiger partial charge on any atom is -0.366 e. The summed E-state index contributed by atoms with van der Waals surface area (Å²) in [7, 11) is 0.